The molecule has 5 heteroatoms. The van der Waals surface area contributed by atoms with Gasteiger partial charge in [0.25, 0.3) is 0 Å². The third-order valence-corrected chi connectivity index (χ3v) is 3.48. The number of ether oxygens (including phenoxy) is 1. The highest BCUT2D eigenvalue weighted by molar-refractivity contribution is 6.30. The average Bonchev–Trinajstić information content (AvgIpc) is 2.47. The molecule has 0 fully saturated rings. The zero-order chi connectivity index (χ0) is 14.4. The van der Waals surface area contributed by atoms with Crippen molar-refractivity contribution < 1.29 is 14.3 Å². The second-order valence-corrected chi connectivity index (χ2v) is 4.53. The van der Waals surface area contributed by atoms with Gasteiger partial charge in [-0.15, -0.1) is 0 Å². The lowest BCUT2D eigenvalue weighted by atomic mass is 9.83. The molecule has 0 saturated heterocycles. The Morgan fingerprint density at radius 3 is 2.10 bits per heavy atom. The Balaban J connectivity index is 2.36. The second-order valence-electron chi connectivity index (χ2n) is 4.53. The number of hydrogen-bond donors (Lipinski definition) is 2. The van der Waals surface area contributed by atoms with Crippen LogP contribution in [0.4, 0.5) is 11.4 Å². The molecule has 1 aliphatic rings. The number of rotatable bonds is 1. The summed E-state index contributed by atoms with van der Waals surface area (Å²) < 4.78 is 5.09. The Labute approximate surface area is 115 Å². The van der Waals surface area contributed by atoms with E-state index >= 15 is 0 Å². The molecule has 0 unspecified atom stereocenters. The average molecular weight is 268 g/mol. The number of carbonyl (C=O) groups is 2. The number of nitrogen functional groups attached to an aromatic ring is 2. The lowest BCUT2D eigenvalue weighted by molar-refractivity contribution is 0.0979. The minimum Gasteiger partial charge on any atom is -0.494 e. The molecule has 0 aliphatic heterocycles. The number of methoxy groups -OCH3 is 1. The van der Waals surface area contributed by atoms with Gasteiger partial charge in [-0.05, 0) is 6.07 Å². The normalized spacial score (nSPS) is 12.8. The molecule has 0 aromatic heterocycles. The summed E-state index contributed by atoms with van der Waals surface area (Å²) in [5.74, 6) is -0.246. The van der Waals surface area contributed by atoms with Crippen LogP contribution in [0.15, 0.2) is 30.3 Å². The highest BCUT2D eigenvalue weighted by Crippen LogP contribution is 2.38. The molecule has 20 heavy (non-hydrogen) atoms. The molecule has 4 N–H and O–H groups in total. The zero-order valence-electron chi connectivity index (χ0n) is 10.8. The van der Waals surface area contributed by atoms with Gasteiger partial charge < -0.3 is 16.2 Å². The van der Waals surface area contributed by atoms with E-state index in [1.807, 2.05) is 0 Å². The summed E-state index contributed by atoms with van der Waals surface area (Å²) in [5, 5.41) is 0. The second kappa shape index (κ2) is 4.09. The van der Waals surface area contributed by atoms with E-state index in [4.69, 9.17) is 16.2 Å². The zero-order valence-corrected chi connectivity index (χ0v) is 10.8. The maximum Gasteiger partial charge on any atom is 0.196 e. The number of ketones is 2. The summed E-state index contributed by atoms with van der Waals surface area (Å²) in [6.45, 7) is 0. The van der Waals surface area contributed by atoms with Crippen molar-refractivity contribution in [3.8, 4) is 5.75 Å². The van der Waals surface area contributed by atoms with Crippen LogP contribution in [-0.4, -0.2) is 18.7 Å². The van der Waals surface area contributed by atoms with Gasteiger partial charge in [0.1, 0.15) is 5.75 Å². The summed E-state index contributed by atoms with van der Waals surface area (Å²) in [5.41, 5.74) is 13.1. The molecule has 0 amide bonds. The van der Waals surface area contributed by atoms with Crippen LogP contribution >= 0.6 is 0 Å². The van der Waals surface area contributed by atoms with Crippen LogP contribution in [0.25, 0.3) is 0 Å². The summed E-state index contributed by atoms with van der Waals surface area (Å²) >= 11 is 0. The van der Waals surface area contributed by atoms with Crippen molar-refractivity contribution >= 4 is 22.9 Å². The van der Waals surface area contributed by atoms with E-state index in [1.165, 1.54) is 13.2 Å². The molecule has 1 aliphatic carbocycles. The van der Waals surface area contributed by atoms with E-state index in [2.05, 4.69) is 0 Å². The summed E-state index contributed by atoms with van der Waals surface area (Å²) in [4.78, 5) is 25.0. The number of benzene rings is 2. The first-order valence-corrected chi connectivity index (χ1v) is 6.00. The molecule has 100 valence electrons. The van der Waals surface area contributed by atoms with Crippen LogP contribution in [0.5, 0.6) is 5.75 Å². The fourth-order valence-corrected chi connectivity index (χ4v) is 2.44. The van der Waals surface area contributed by atoms with Crippen molar-refractivity contribution in [2.45, 2.75) is 0 Å². The van der Waals surface area contributed by atoms with Crippen molar-refractivity contribution in [2.24, 2.45) is 0 Å². The monoisotopic (exact) mass is 268 g/mol. The minimum absolute atomic E-state index is 0.0900. The lowest BCUT2D eigenvalue weighted by Crippen LogP contribution is -2.23. The Hall–Kier alpha value is -2.82. The van der Waals surface area contributed by atoms with E-state index in [1.54, 1.807) is 24.3 Å². The van der Waals surface area contributed by atoms with E-state index in [0.29, 0.717) is 16.9 Å². The van der Waals surface area contributed by atoms with Gasteiger partial charge in [0.05, 0.1) is 24.0 Å². The van der Waals surface area contributed by atoms with E-state index in [0.717, 1.165) is 0 Å². The number of nitrogens with two attached hydrogens (primary N) is 2. The third kappa shape index (κ3) is 1.43. The van der Waals surface area contributed by atoms with Gasteiger partial charge in [0, 0.05) is 16.7 Å². The number of hydrogen-bond acceptors (Lipinski definition) is 5. The van der Waals surface area contributed by atoms with Crippen LogP contribution in [0.3, 0.4) is 0 Å². The van der Waals surface area contributed by atoms with Crippen LogP contribution in [0, 0.1) is 0 Å². The van der Waals surface area contributed by atoms with Gasteiger partial charge in [-0.25, -0.2) is 0 Å². The highest BCUT2D eigenvalue weighted by Gasteiger charge is 2.33. The first-order chi connectivity index (χ1) is 9.56. The van der Waals surface area contributed by atoms with Gasteiger partial charge in [-0.3, -0.25) is 9.59 Å². The Kier molecular flexibility index (Phi) is 2.50. The molecular formula is C15H12N2O3. The standard InChI is InChI=1S/C15H12N2O3/c1-20-10-6-9-11(13(17)12(10)16)15(19)8-5-3-2-4-7(8)14(9)18/h2-6H,16-17H2,1H3. The SMILES string of the molecule is COc1cc2c(c(N)c1N)C(=O)c1ccccc1C2=O. The third-order valence-electron chi connectivity index (χ3n) is 3.48. The van der Waals surface area contributed by atoms with Gasteiger partial charge in [0.15, 0.2) is 11.6 Å². The lowest BCUT2D eigenvalue weighted by Gasteiger charge is -2.21. The van der Waals surface area contributed by atoms with Gasteiger partial charge in [-0.2, -0.15) is 0 Å². The smallest absolute Gasteiger partial charge is 0.196 e. The maximum absolute atomic E-state index is 12.5. The number of fused-ring (bicyclic) bond motifs is 2. The van der Waals surface area contributed by atoms with E-state index < -0.39 is 0 Å². The van der Waals surface area contributed by atoms with Crippen LogP contribution in [0.1, 0.15) is 31.8 Å². The molecule has 2 aromatic carbocycles. The molecular weight excluding hydrogens is 256 g/mol. The molecule has 3 rings (SSSR count). The quantitative estimate of drug-likeness (QED) is 0.654. The predicted octanol–water partition coefficient (Wildman–Crippen LogP) is 1.64. The van der Waals surface area contributed by atoms with Gasteiger partial charge in [-0.1, -0.05) is 24.3 Å². The van der Waals surface area contributed by atoms with E-state index in [-0.39, 0.29) is 34.1 Å². The fourth-order valence-electron chi connectivity index (χ4n) is 2.44. The van der Waals surface area contributed by atoms with Crippen molar-refractivity contribution in [3.05, 3.63) is 52.6 Å². The molecule has 2 aromatic rings. The largest absolute Gasteiger partial charge is 0.494 e. The topological polar surface area (TPSA) is 95.4 Å². The van der Waals surface area contributed by atoms with Crippen LogP contribution in [-0.2, 0) is 0 Å². The van der Waals surface area contributed by atoms with Crippen LogP contribution < -0.4 is 16.2 Å². The Morgan fingerprint density at radius 1 is 0.900 bits per heavy atom. The Morgan fingerprint density at radius 2 is 1.50 bits per heavy atom. The van der Waals surface area contributed by atoms with Gasteiger partial charge >= 0.3 is 0 Å². The van der Waals surface area contributed by atoms with Crippen molar-refractivity contribution in [2.75, 3.05) is 18.6 Å². The van der Waals surface area contributed by atoms with Crippen molar-refractivity contribution in [1.82, 2.24) is 0 Å². The first-order valence-electron chi connectivity index (χ1n) is 6.00. The number of anilines is 2. The maximum atomic E-state index is 12.5. The molecule has 5 nitrogen and oxygen atoms in total. The number of carbonyl (C=O) groups excluding carboxylic acids is 2. The summed E-state index contributed by atoms with van der Waals surface area (Å²) in [6.07, 6.45) is 0. The van der Waals surface area contributed by atoms with Crippen molar-refractivity contribution in [3.63, 3.8) is 0 Å². The molecule has 0 atom stereocenters. The molecule has 0 saturated carbocycles. The Bertz CT molecular complexity index is 766. The van der Waals surface area contributed by atoms with Gasteiger partial charge in [0.2, 0.25) is 0 Å². The van der Waals surface area contributed by atoms with Crippen molar-refractivity contribution in [1.29, 1.82) is 0 Å². The molecule has 0 heterocycles. The molecule has 0 bridgehead atoms. The predicted molar refractivity (Wildman–Crippen MR) is 75.1 cm³/mol. The highest BCUT2D eigenvalue weighted by atomic mass is 16.5. The summed E-state index contributed by atoms with van der Waals surface area (Å²) in [6, 6.07) is 8.12. The summed E-state index contributed by atoms with van der Waals surface area (Å²) in [7, 11) is 1.43. The molecule has 0 spiro atoms. The van der Waals surface area contributed by atoms with Crippen LogP contribution in [0.2, 0.25) is 0 Å². The molecule has 0 radical (unpaired) electrons. The fraction of sp³-hybridized carbons (Fsp3) is 0.0667. The first kappa shape index (κ1) is 12.2. The van der Waals surface area contributed by atoms with E-state index in [9.17, 15) is 9.59 Å². The minimum atomic E-state index is -0.290.